The lowest BCUT2D eigenvalue weighted by Crippen LogP contribution is -2.06. The molecule has 0 unspecified atom stereocenters. The van der Waals surface area contributed by atoms with Gasteiger partial charge in [-0.05, 0) is 24.3 Å². The fourth-order valence-electron chi connectivity index (χ4n) is 1.96. The van der Waals surface area contributed by atoms with Crippen LogP contribution in [0.5, 0.6) is 0 Å². The van der Waals surface area contributed by atoms with Crippen molar-refractivity contribution < 1.29 is 13.2 Å². The molecule has 6 nitrogen and oxygen atoms in total. The average Bonchev–Trinajstić information content (AvgIpc) is 2.73. The summed E-state index contributed by atoms with van der Waals surface area (Å²) in [6, 6.07) is 4.51. The van der Waals surface area contributed by atoms with E-state index in [2.05, 4.69) is 15.0 Å². The second-order valence-electron chi connectivity index (χ2n) is 4.29. The normalized spacial score (nSPS) is 12.0. The highest BCUT2D eigenvalue weighted by Gasteiger charge is 2.30. The number of alkyl halides is 3. The molecule has 9 heteroatoms. The number of hydrogen-bond donors (Lipinski definition) is 2. The number of anilines is 2. The van der Waals surface area contributed by atoms with Gasteiger partial charge in [0.15, 0.2) is 5.65 Å². The Hall–Kier alpha value is -2.84. The Morgan fingerprint density at radius 3 is 2.29 bits per heavy atom. The SMILES string of the molecule is Nc1ncc2nc(N)n(-c3ccc(C(F)(F)F)cc3)c2n1. The number of nitrogens with two attached hydrogens (primary N) is 2. The number of benzene rings is 1. The van der Waals surface area contributed by atoms with E-state index in [1.54, 1.807) is 0 Å². The molecule has 2 aromatic heterocycles. The van der Waals surface area contributed by atoms with E-state index in [1.807, 2.05) is 0 Å². The van der Waals surface area contributed by atoms with Crippen LogP contribution in [-0.4, -0.2) is 19.5 Å². The summed E-state index contributed by atoms with van der Waals surface area (Å²) in [5, 5.41) is 0. The standard InChI is InChI=1S/C12H9F3N6/c13-12(14,15)6-1-3-7(4-2-6)21-9-8(19-11(21)17)5-18-10(16)20-9/h1-5H,(H2,17,19)(H2,16,18,20). The third kappa shape index (κ3) is 2.22. The number of nitrogen functional groups attached to an aromatic ring is 2. The maximum absolute atomic E-state index is 12.6. The van der Waals surface area contributed by atoms with Crippen molar-refractivity contribution in [2.45, 2.75) is 6.18 Å². The van der Waals surface area contributed by atoms with E-state index >= 15 is 0 Å². The Morgan fingerprint density at radius 1 is 1.00 bits per heavy atom. The molecule has 0 aliphatic rings. The predicted octanol–water partition coefficient (Wildman–Crippen LogP) is 2.00. The molecular weight excluding hydrogens is 285 g/mol. The van der Waals surface area contributed by atoms with Crippen molar-refractivity contribution >= 4 is 23.1 Å². The molecule has 0 spiro atoms. The quantitative estimate of drug-likeness (QED) is 0.715. The van der Waals surface area contributed by atoms with Crippen molar-refractivity contribution in [1.82, 2.24) is 19.5 Å². The largest absolute Gasteiger partial charge is 0.416 e. The first-order chi connectivity index (χ1) is 9.86. The minimum atomic E-state index is -4.40. The number of rotatable bonds is 1. The van der Waals surface area contributed by atoms with Gasteiger partial charge < -0.3 is 11.5 Å². The summed E-state index contributed by atoms with van der Waals surface area (Å²) in [5.41, 5.74) is 11.7. The van der Waals surface area contributed by atoms with Crippen LogP contribution in [0.25, 0.3) is 16.9 Å². The van der Waals surface area contributed by atoms with Crippen LogP contribution in [0.1, 0.15) is 5.56 Å². The molecule has 0 amide bonds. The molecule has 0 aliphatic heterocycles. The Balaban J connectivity index is 2.16. The molecule has 0 fully saturated rings. The van der Waals surface area contributed by atoms with Crippen molar-refractivity contribution in [3.63, 3.8) is 0 Å². The summed E-state index contributed by atoms with van der Waals surface area (Å²) in [6.45, 7) is 0. The van der Waals surface area contributed by atoms with Gasteiger partial charge >= 0.3 is 6.18 Å². The summed E-state index contributed by atoms with van der Waals surface area (Å²) in [7, 11) is 0. The van der Waals surface area contributed by atoms with E-state index in [1.165, 1.54) is 22.9 Å². The number of hydrogen-bond acceptors (Lipinski definition) is 5. The van der Waals surface area contributed by atoms with Gasteiger partial charge in [-0.25, -0.2) is 9.97 Å². The van der Waals surface area contributed by atoms with E-state index in [4.69, 9.17) is 11.5 Å². The summed E-state index contributed by atoms with van der Waals surface area (Å²) >= 11 is 0. The minimum absolute atomic E-state index is 0.0237. The van der Waals surface area contributed by atoms with E-state index in [0.29, 0.717) is 16.9 Å². The highest BCUT2D eigenvalue weighted by Crippen LogP contribution is 2.30. The number of nitrogens with zero attached hydrogens (tertiary/aromatic N) is 4. The van der Waals surface area contributed by atoms with Gasteiger partial charge in [-0.15, -0.1) is 0 Å². The fraction of sp³-hybridized carbons (Fsp3) is 0.0833. The molecular formula is C12H9F3N6. The number of halogens is 3. The van der Waals surface area contributed by atoms with Gasteiger partial charge in [0.1, 0.15) is 5.52 Å². The van der Waals surface area contributed by atoms with Crippen molar-refractivity contribution in [2.24, 2.45) is 0 Å². The van der Waals surface area contributed by atoms with Crippen LogP contribution in [-0.2, 0) is 6.18 Å². The third-order valence-electron chi connectivity index (χ3n) is 2.90. The van der Waals surface area contributed by atoms with Crippen molar-refractivity contribution in [3.05, 3.63) is 36.0 Å². The van der Waals surface area contributed by atoms with Crippen LogP contribution < -0.4 is 11.5 Å². The molecule has 21 heavy (non-hydrogen) atoms. The molecule has 0 atom stereocenters. The molecule has 0 radical (unpaired) electrons. The maximum atomic E-state index is 12.6. The second kappa shape index (κ2) is 4.33. The van der Waals surface area contributed by atoms with Crippen LogP contribution in [0.2, 0.25) is 0 Å². The van der Waals surface area contributed by atoms with Gasteiger partial charge in [0, 0.05) is 0 Å². The van der Waals surface area contributed by atoms with E-state index < -0.39 is 11.7 Å². The van der Waals surface area contributed by atoms with Crippen molar-refractivity contribution in [1.29, 1.82) is 0 Å². The molecule has 4 N–H and O–H groups in total. The number of fused-ring (bicyclic) bond motifs is 1. The third-order valence-corrected chi connectivity index (χ3v) is 2.90. The van der Waals surface area contributed by atoms with Crippen molar-refractivity contribution in [3.8, 4) is 5.69 Å². The van der Waals surface area contributed by atoms with Crippen LogP contribution in [0.15, 0.2) is 30.5 Å². The molecule has 0 aliphatic carbocycles. The van der Waals surface area contributed by atoms with E-state index in [9.17, 15) is 13.2 Å². The van der Waals surface area contributed by atoms with Gasteiger partial charge in [0.05, 0.1) is 17.4 Å². The van der Waals surface area contributed by atoms with Crippen molar-refractivity contribution in [2.75, 3.05) is 11.5 Å². The first-order valence-corrected chi connectivity index (χ1v) is 5.80. The molecule has 3 rings (SSSR count). The number of aromatic nitrogens is 4. The smallest absolute Gasteiger partial charge is 0.369 e. The Morgan fingerprint density at radius 2 is 1.67 bits per heavy atom. The average molecular weight is 294 g/mol. The maximum Gasteiger partial charge on any atom is 0.416 e. The Labute approximate surface area is 116 Å². The first kappa shape index (κ1) is 13.2. The monoisotopic (exact) mass is 294 g/mol. The van der Waals surface area contributed by atoms with Gasteiger partial charge in [-0.1, -0.05) is 0 Å². The molecule has 0 saturated carbocycles. The van der Waals surface area contributed by atoms with Gasteiger partial charge in [0.25, 0.3) is 0 Å². The Kier molecular flexibility index (Phi) is 2.71. The fourth-order valence-corrected chi connectivity index (χ4v) is 1.96. The van der Waals surface area contributed by atoms with Crippen LogP contribution in [0, 0.1) is 0 Å². The van der Waals surface area contributed by atoms with E-state index in [-0.39, 0.29) is 11.9 Å². The van der Waals surface area contributed by atoms with Gasteiger partial charge in [0.2, 0.25) is 11.9 Å². The molecule has 108 valence electrons. The molecule has 3 aromatic rings. The predicted molar refractivity (Wildman–Crippen MR) is 70.5 cm³/mol. The molecule has 0 bridgehead atoms. The zero-order valence-electron chi connectivity index (χ0n) is 10.5. The van der Waals surface area contributed by atoms with Crippen LogP contribution in [0.4, 0.5) is 25.1 Å². The summed E-state index contributed by atoms with van der Waals surface area (Å²) in [5.74, 6) is 0.111. The molecule has 1 aromatic carbocycles. The zero-order chi connectivity index (χ0) is 15.2. The molecule has 0 saturated heterocycles. The lowest BCUT2D eigenvalue weighted by Gasteiger charge is -2.09. The zero-order valence-corrected chi connectivity index (χ0v) is 10.5. The summed E-state index contributed by atoms with van der Waals surface area (Å²) in [4.78, 5) is 11.8. The minimum Gasteiger partial charge on any atom is -0.369 e. The van der Waals surface area contributed by atoms with Gasteiger partial charge in [-0.3, -0.25) is 4.57 Å². The lowest BCUT2D eigenvalue weighted by molar-refractivity contribution is -0.137. The highest BCUT2D eigenvalue weighted by atomic mass is 19.4. The topological polar surface area (TPSA) is 95.6 Å². The summed E-state index contributed by atoms with van der Waals surface area (Å²) in [6.07, 6.45) is -3.00. The first-order valence-electron chi connectivity index (χ1n) is 5.80. The van der Waals surface area contributed by atoms with Crippen LogP contribution in [0.3, 0.4) is 0 Å². The van der Waals surface area contributed by atoms with Gasteiger partial charge in [-0.2, -0.15) is 18.2 Å². The highest BCUT2D eigenvalue weighted by molar-refractivity contribution is 5.77. The lowest BCUT2D eigenvalue weighted by atomic mass is 10.2. The number of imidazole rings is 1. The Bertz CT molecular complexity index is 806. The molecule has 2 heterocycles. The second-order valence-corrected chi connectivity index (χ2v) is 4.29. The van der Waals surface area contributed by atoms with E-state index in [0.717, 1.165) is 12.1 Å². The van der Waals surface area contributed by atoms with Crippen LogP contribution >= 0.6 is 0 Å². The summed E-state index contributed by atoms with van der Waals surface area (Å²) < 4.78 is 39.1.